The summed E-state index contributed by atoms with van der Waals surface area (Å²) < 4.78 is 5.39. The van der Waals surface area contributed by atoms with Gasteiger partial charge in [0.05, 0.1) is 0 Å². The van der Waals surface area contributed by atoms with E-state index in [0.717, 1.165) is 31.9 Å². The number of primary amides is 1. The van der Waals surface area contributed by atoms with Gasteiger partial charge in [0.1, 0.15) is 12.3 Å². The van der Waals surface area contributed by atoms with E-state index in [4.69, 9.17) is 10.2 Å². The van der Waals surface area contributed by atoms with Crippen LogP contribution < -0.4 is 16.4 Å². The van der Waals surface area contributed by atoms with Gasteiger partial charge in [-0.15, -0.1) is 24.0 Å². The number of nitrogens with zero attached hydrogens (tertiary/aromatic N) is 1. The van der Waals surface area contributed by atoms with E-state index in [1.165, 1.54) is 5.56 Å². The van der Waals surface area contributed by atoms with Crippen molar-refractivity contribution >= 4 is 35.8 Å². The third kappa shape index (κ3) is 6.25. The summed E-state index contributed by atoms with van der Waals surface area (Å²) in [5.74, 6) is 0.894. The number of carbonyl (C=O) groups is 1. The first-order chi connectivity index (χ1) is 13.0. The second-order valence-electron chi connectivity index (χ2n) is 6.53. The topological polar surface area (TPSA) is 92.6 Å². The highest BCUT2D eigenvalue weighted by atomic mass is 127. The average Bonchev–Trinajstić information content (AvgIpc) is 3.17. The number of amides is 1. The van der Waals surface area contributed by atoms with Crippen molar-refractivity contribution in [3.8, 4) is 0 Å². The van der Waals surface area contributed by atoms with Crippen molar-refractivity contribution in [1.29, 1.82) is 0 Å². The molecule has 2 rings (SSSR count). The lowest BCUT2D eigenvalue weighted by Crippen LogP contribution is -2.45. The first kappa shape index (κ1) is 24.0. The monoisotopic (exact) mass is 498 g/mol. The van der Waals surface area contributed by atoms with E-state index in [2.05, 4.69) is 53.7 Å². The Labute approximate surface area is 184 Å². The predicted octanol–water partition coefficient (Wildman–Crippen LogP) is 3.81. The van der Waals surface area contributed by atoms with Gasteiger partial charge in [0.25, 0.3) is 5.91 Å². The smallest absolute Gasteiger partial charge is 0.284 e. The number of guanidine groups is 1. The van der Waals surface area contributed by atoms with Gasteiger partial charge in [0.15, 0.2) is 11.7 Å². The van der Waals surface area contributed by atoms with Crippen LogP contribution in [0.5, 0.6) is 0 Å². The minimum absolute atomic E-state index is 0. The van der Waals surface area contributed by atoms with Crippen molar-refractivity contribution in [3.05, 3.63) is 59.5 Å². The highest BCUT2D eigenvalue weighted by molar-refractivity contribution is 14.0. The van der Waals surface area contributed by atoms with Gasteiger partial charge in [-0.05, 0) is 37.5 Å². The third-order valence-corrected chi connectivity index (χ3v) is 4.98. The van der Waals surface area contributed by atoms with Gasteiger partial charge in [-0.1, -0.05) is 44.2 Å². The van der Waals surface area contributed by atoms with E-state index >= 15 is 0 Å². The average molecular weight is 498 g/mol. The van der Waals surface area contributed by atoms with Crippen molar-refractivity contribution in [2.24, 2.45) is 10.7 Å². The van der Waals surface area contributed by atoms with Crippen molar-refractivity contribution in [3.63, 3.8) is 0 Å². The van der Waals surface area contributed by atoms with Crippen molar-refractivity contribution in [1.82, 2.24) is 10.6 Å². The molecular formula is C21H31IN4O2. The zero-order chi connectivity index (χ0) is 19.7. The van der Waals surface area contributed by atoms with E-state index in [1.54, 1.807) is 12.1 Å². The molecule has 0 saturated heterocycles. The molecule has 1 amide bonds. The van der Waals surface area contributed by atoms with Crippen molar-refractivity contribution in [2.75, 3.05) is 13.1 Å². The van der Waals surface area contributed by atoms with Gasteiger partial charge in [0.2, 0.25) is 0 Å². The molecule has 28 heavy (non-hydrogen) atoms. The summed E-state index contributed by atoms with van der Waals surface area (Å²) >= 11 is 0. The van der Waals surface area contributed by atoms with Crippen LogP contribution in [0.15, 0.2) is 51.9 Å². The maximum atomic E-state index is 11.1. The fraction of sp³-hybridized carbons (Fsp3) is 0.429. The number of nitrogens with one attached hydrogen (secondary N) is 2. The highest BCUT2D eigenvalue weighted by Crippen LogP contribution is 2.30. The highest BCUT2D eigenvalue weighted by Gasteiger charge is 2.28. The fourth-order valence-electron chi connectivity index (χ4n) is 3.15. The molecular weight excluding hydrogens is 467 g/mol. The van der Waals surface area contributed by atoms with Crippen LogP contribution in [-0.2, 0) is 12.0 Å². The maximum Gasteiger partial charge on any atom is 0.284 e. The number of hydrogen-bond donors (Lipinski definition) is 3. The molecule has 1 aromatic heterocycles. The summed E-state index contributed by atoms with van der Waals surface area (Å²) in [5, 5.41) is 6.73. The Hall–Kier alpha value is -2.03. The van der Waals surface area contributed by atoms with Crippen LogP contribution in [0.3, 0.4) is 0 Å². The van der Waals surface area contributed by atoms with E-state index in [0.29, 0.717) is 12.3 Å². The molecule has 0 unspecified atom stereocenters. The fourth-order valence-corrected chi connectivity index (χ4v) is 3.15. The maximum absolute atomic E-state index is 11.1. The summed E-state index contributed by atoms with van der Waals surface area (Å²) in [4.78, 5) is 15.7. The Bertz CT molecular complexity index is 755. The van der Waals surface area contributed by atoms with Gasteiger partial charge < -0.3 is 20.8 Å². The number of nitrogens with two attached hydrogens (primary N) is 1. The number of carbonyl (C=O) groups excluding carboxylic acids is 1. The van der Waals surface area contributed by atoms with Crippen LogP contribution >= 0.6 is 24.0 Å². The zero-order valence-corrected chi connectivity index (χ0v) is 19.2. The number of aliphatic imine (C=N–C) groups is 1. The number of benzene rings is 1. The lowest BCUT2D eigenvalue weighted by molar-refractivity contribution is 0.0972. The predicted molar refractivity (Wildman–Crippen MR) is 124 cm³/mol. The van der Waals surface area contributed by atoms with Gasteiger partial charge in [-0.25, -0.2) is 4.99 Å². The van der Waals surface area contributed by atoms with Crippen molar-refractivity contribution < 1.29 is 9.21 Å². The second kappa shape index (κ2) is 11.7. The lowest BCUT2D eigenvalue weighted by atomic mass is 9.76. The van der Waals surface area contributed by atoms with Crippen LogP contribution in [0, 0.1) is 0 Å². The summed E-state index contributed by atoms with van der Waals surface area (Å²) in [6, 6.07) is 13.9. The first-order valence-corrected chi connectivity index (χ1v) is 9.50. The molecule has 0 atom stereocenters. The molecule has 2 aromatic rings. The zero-order valence-electron chi connectivity index (χ0n) is 16.8. The van der Waals surface area contributed by atoms with Crippen LogP contribution in [-0.4, -0.2) is 25.0 Å². The van der Waals surface area contributed by atoms with Gasteiger partial charge in [-0.3, -0.25) is 4.79 Å². The Morgan fingerprint density at radius 2 is 1.75 bits per heavy atom. The molecule has 0 aliphatic rings. The van der Waals surface area contributed by atoms with Gasteiger partial charge >= 0.3 is 0 Å². The summed E-state index contributed by atoms with van der Waals surface area (Å²) in [6.07, 6.45) is 2.06. The van der Waals surface area contributed by atoms with Crippen LogP contribution in [0.1, 0.15) is 55.5 Å². The molecule has 0 aliphatic heterocycles. The number of furan rings is 1. The molecule has 6 nitrogen and oxygen atoms in total. The number of halogens is 1. The van der Waals surface area contributed by atoms with Crippen LogP contribution in [0.4, 0.5) is 0 Å². The molecule has 0 saturated carbocycles. The van der Waals surface area contributed by atoms with E-state index in [9.17, 15) is 4.79 Å². The minimum atomic E-state index is -0.575. The molecule has 1 aromatic carbocycles. The van der Waals surface area contributed by atoms with Gasteiger partial charge in [-0.2, -0.15) is 0 Å². The van der Waals surface area contributed by atoms with Crippen molar-refractivity contribution in [2.45, 2.75) is 45.6 Å². The van der Waals surface area contributed by atoms with E-state index in [1.807, 2.05) is 13.0 Å². The Balaban J connectivity index is 0.00000392. The van der Waals surface area contributed by atoms with Gasteiger partial charge in [0, 0.05) is 18.5 Å². The normalized spacial score (nSPS) is 11.6. The molecule has 4 N–H and O–H groups in total. The summed E-state index contributed by atoms with van der Waals surface area (Å²) in [7, 11) is 0. The minimum Gasteiger partial charge on any atom is -0.454 e. The summed E-state index contributed by atoms with van der Waals surface area (Å²) in [5.41, 5.74) is 6.59. The quantitative estimate of drug-likeness (QED) is 0.279. The SMILES string of the molecule is CCNC(=NCc1ccc(C(N)=O)o1)NCC(CC)(CC)c1ccccc1.I. The molecule has 0 fully saturated rings. The molecule has 154 valence electrons. The Morgan fingerprint density at radius 3 is 2.29 bits per heavy atom. The summed E-state index contributed by atoms with van der Waals surface area (Å²) in [6.45, 7) is 8.33. The Morgan fingerprint density at radius 1 is 1.07 bits per heavy atom. The standard InChI is InChI=1S/C21H30N4O2.HI/c1-4-21(5-2,16-10-8-7-9-11-16)15-25-20(23-6-3)24-14-17-12-13-18(27-17)19(22)26;/h7-13H,4-6,14-15H2,1-3H3,(H2,22,26)(H2,23,24,25);1H. The molecule has 1 heterocycles. The molecule has 0 radical (unpaired) electrons. The van der Waals surface area contributed by atoms with Crippen LogP contribution in [0.25, 0.3) is 0 Å². The Kier molecular flexibility index (Phi) is 10.1. The van der Waals surface area contributed by atoms with E-state index < -0.39 is 5.91 Å². The second-order valence-corrected chi connectivity index (χ2v) is 6.53. The molecule has 0 aliphatic carbocycles. The largest absolute Gasteiger partial charge is 0.454 e. The molecule has 0 bridgehead atoms. The van der Waals surface area contributed by atoms with E-state index in [-0.39, 0.29) is 35.2 Å². The first-order valence-electron chi connectivity index (χ1n) is 9.50. The third-order valence-electron chi connectivity index (χ3n) is 4.98. The molecule has 0 spiro atoms. The number of rotatable bonds is 9. The lowest BCUT2D eigenvalue weighted by Gasteiger charge is -2.33. The van der Waals surface area contributed by atoms with Crippen LogP contribution in [0.2, 0.25) is 0 Å². The molecule has 7 heteroatoms. The number of hydrogen-bond acceptors (Lipinski definition) is 3.